The van der Waals surface area contributed by atoms with Crippen molar-refractivity contribution in [2.24, 2.45) is 5.73 Å². The van der Waals surface area contributed by atoms with Crippen LogP contribution in [0, 0.1) is 18.3 Å². The molecule has 1 heterocycles. The van der Waals surface area contributed by atoms with Gasteiger partial charge in [-0.3, -0.25) is 0 Å². The summed E-state index contributed by atoms with van der Waals surface area (Å²) in [5.74, 6) is 0.842. The first-order valence-corrected chi connectivity index (χ1v) is 13.9. The monoisotopic (exact) mass is 616 g/mol. The topological polar surface area (TPSA) is 113 Å². The van der Waals surface area contributed by atoms with E-state index in [4.69, 9.17) is 52.6 Å². The molecule has 0 radical (unpaired) electrons. The number of methoxy groups -OCH3 is 1. The van der Waals surface area contributed by atoms with E-state index in [0.29, 0.717) is 38.6 Å². The average molecular weight is 617 g/mol. The normalized spacial score (nSPS) is 13.8. The first-order valence-electron chi connectivity index (χ1n) is 13.1. The molecule has 1 aliphatic heterocycles. The van der Waals surface area contributed by atoms with E-state index in [-0.39, 0.29) is 30.4 Å². The molecule has 0 saturated carbocycles. The van der Waals surface area contributed by atoms with Gasteiger partial charge in [0.15, 0.2) is 18.1 Å². The van der Waals surface area contributed by atoms with Crippen molar-refractivity contribution in [3.05, 3.63) is 123 Å². The second-order valence-corrected chi connectivity index (χ2v) is 10.4. The van der Waals surface area contributed by atoms with E-state index < -0.39 is 11.9 Å². The maximum absolute atomic E-state index is 12.5. The molecule has 2 N–H and O–H groups in total. The zero-order valence-electron chi connectivity index (χ0n) is 23.2. The highest BCUT2D eigenvalue weighted by Gasteiger charge is 2.32. The van der Waals surface area contributed by atoms with Crippen LogP contribution in [0.5, 0.6) is 28.7 Å². The van der Waals surface area contributed by atoms with E-state index in [2.05, 4.69) is 6.07 Å². The van der Waals surface area contributed by atoms with Crippen molar-refractivity contribution in [2.45, 2.75) is 19.4 Å². The van der Waals surface area contributed by atoms with Crippen LogP contribution in [0.15, 0.2) is 90.3 Å². The van der Waals surface area contributed by atoms with Crippen LogP contribution >= 0.6 is 23.2 Å². The largest absolute Gasteiger partial charge is 0.493 e. The number of hydrogen-bond donors (Lipinski definition) is 1. The van der Waals surface area contributed by atoms with Gasteiger partial charge < -0.3 is 29.4 Å². The second kappa shape index (κ2) is 13.0. The van der Waals surface area contributed by atoms with Gasteiger partial charge in [0.2, 0.25) is 5.88 Å². The van der Waals surface area contributed by atoms with Crippen molar-refractivity contribution < 1.29 is 28.5 Å². The Balaban J connectivity index is 1.36. The van der Waals surface area contributed by atoms with Gasteiger partial charge in [-0.15, -0.1) is 0 Å². The summed E-state index contributed by atoms with van der Waals surface area (Å²) in [4.78, 5) is 12.5. The maximum atomic E-state index is 12.5. The lowest BCUT2D eigenvalue weighted by Crippen LogP contribution is -2.22. The van der Waals surface area contributed by atoms with Gasteiger partial charge in [-0.25, -0.2) is 4.79 Å². The van der Waals surface area contributed by atoms with Crippen molar-refractivity contribution in [1.29, 1.82) is 5.26 Å². The molecule has 0 saturated heterocycles. The van der Waals surface area contributed by atoms with Gasteiger partial charge in [0, 0.05) is 27.2 Å². The first kappa shape index (κ1) is 29.6. The highest BCUT2D eigenvalue weighted by Crippen LogP contribution is 2.45. The second-order valence-electron chi connectivity index (χ2n) is 9.59. The predicted molar refractivity (Wildman–Crippen MR) is 162 cm³/mol. The molecule has 1 aliphatic rings. The third kappa shape index (κ3) is 6.64. The Morgan fingerprint density at radius 1 is 0.977 bits per heavy atom. The van der Waals surface area contributed by atoms with Gasteiger partial charge in [0.25, 0.3) is 0 Å². The fourth-order valence-corrected chi connectivity index (χ4v) is 5.09. The zero-order chi connectivity index (χ0) is 30.5. The van der Waals surface area contributed by atoms with Crippen molar-refractivity contribution in [3.63, 3.8) is 0 Å². The molecule has 0 fully saturated rings. The number of rotatable bonds is 9. The summed E-state index contributed by atoms with van der Waals surface area (Å²) in [5, 5.41) is 11.1. The number of carbonyl (C=O) groups is 1. The van der Waals surface area contributed by atoms with E-state index in [1.165, 1.54) is 7.11 Å². The van der Waals surface area contributed by atoms with Gasteiger partial charge in [0.05, 0.1) is 13.0 Å². The Morgan fingerprint density at radius 3 is 2.51 bits per heavy atom. The van der Waals surface area contributed by atoms with E-state index in [1.807, 2.05) is 31.2 Å². The summed E-state index contributed by atoms with van der Waals surface area (Å²) in [6, 6.07) is 25.0. The van der Waals surface area contributed by atoms with Crippen LogP contribution in [0.1, 0.15) is 28.2 Å². The Morgan fingerprint density at radius 2 is 1.77 bits per heavy atom. The highest BCUT2D eigenvalue weighted by molar-refractivity contribution is 6.31. The quantitative estimate of drug-likeness (QED) is 0.157. The Labute approximate surface area is 258 Å². The summed E-state index contributed by atoms with van der Waals surface area (Å²) in [7, 11) is 1.54. The average Bonchev–Trinajstić information content (AvgIpc) is 2.99. The Bertz CT molecular complexity index is 1760. The molecule has 218 valence electrons. The van der Waals surface area contributed by atoms with Crippen molar-refractivity contribution in [3.8, 4) is 34.8 Å². The lowest BCUT2D eigenvalue weighted by atomic mass is 9.83. The maximum Gasteiger partial charge on any atom is 0.349 e. The third-order valence-corrected chi connectivity index (χ3v) is 7.37. The number of hydrogen-bond acceptors (Lipinski definition) is 8. The first-order chi connectivity index (χ1) is 20.8. The van der Waals surface area contributed by atoms with Gasteiger partial charge in [-0.2, -0.15) is 5.26 Å². The van der Waals surface area contributed by atoms with Gasteiger partial charge in [0.1, 0.15) is 35.5 Å². The van der Waals surface area contributed by atoms with Crippen molar-refractivity contribution >= 4 is 29.2 Å². The SMILES string of the molecule is COc1cc(C2C(C#N)=C(N)Oc3cc(OC(=O)COc4ccc(Cl)cc4C)ccc32)ccc1OCc1ccccc1Cl. The molecule has 0 spiro atoms. The molecule has 0 aromatic heterocycles. The van der Waals surface area contributed by atoms with E-state index in [1.54, 1.807) is 54.6 Å². The van der Waals surface area contributed by atoms with Crippen LogP contribution in [0.4, 0.5) is 0 Å². The lowest BCUT2D eigenvalue weighted by molar-refractivity contribution is -0.136. The summed E-state index contributed by atoms with van der Waals surface area (Å²) in [6.45, 7) is 1.76. The van der Waals surface area contributed by atoms with E-state index in [9.17, 15) is 10.1 Å². The van der Waals surface area contributed by atoms with Crippen molar-refractivity contribution in [2.75, 3.05) is 13.7 Å². The molecule has 4 aromatic carbocycles. The number of allylic oxidation sites excluding steroid dienone is 1. The van der Waals surface area contributed by atoms with Gasteiger partial charge >= 0.3 is 5.97 Å². The molecular weight excluding hydrogens is 591 g/mol. The molecule has 1 atom stereocenters. The molecule has 1 unspecified atom stereocenters. The van der Waals surface area contributed by atoms with Crippen LogP contribution in [0.3, 0.4) is 0 Å². The number of fused-ring (bicyclic) bond motifs is 1. The van der Waals surface area contributed by atoms with E-state index >= 15 is 0 Å². The van der Waals surface area contributed by atoms with Crippen LogP contribution in [0.25, 0.3) is 0 Å². The standard InChI is InChI=1S/C33H26Cl2N2O6/c1-19-13-22(34)8-12-27(19)41-18-31(38)42-23-9-10-24-29(15-23)43-33(37)25(16-36)32(24)20-7-11-28(30(14-20)39-2)40-17-21-5-3-4-6-26(21)35/h3-15,32H,17-18,37H2,1-2H3. The highest BCUT2D eigenvalue weighted by atomic mass is 35.5. The van der Waals surface area contributed by atoms with Gasteiger partial charge in [-0.1, -0.05) is 53.5 Å². The molecule has 5 rings (SSSR count). The molecule has 10 heteroatoms. The third-order valence-electron chi connectivity index (χ3n) is 6.77. The fraction of sp³-hybridized carbons (Fsp3) is 0.152. The molecule has 0 aliphatic carbocycles. The Kier molecular flexibility index (Phi) is 8.96. The summed E-state index contributed by atoms with van der Waals surface area (Å²) < 4.78 is 28.4. The molecule has 0 bridgehead atoms. The minimum atomic E-state index is -0.611. The summed E-state index contributed by atoms with van der Waals surface area (Å²) in [6.07, 6.45) is 0. The van der Waals surface area contributed by atoms with Crippen LogP contribution in [-0.4, -0.2) is 19.7 Å². The Hall–Kier alpha value is -4.84. The number of carbonyl (C=O) groups excluding carboxylic acids is 1. The smallest absolute Gasteiger partial charge is 0.349 e. The summed E-state index contributed by atoms with van der Waals surface area (Å²) >= 11 is 12.2. The number of nitrogens with two attached hydrogens (primary N) is 1. The van der Waals surface area contributed by atoms with Crippen LogP contribution in [0.2, 0.25) is 10.0 Å². The molecule has 8 nitrogen and oxygen atoms in total. The van der Waals surface area contributed by atoms with Crippen LogP contribution in [-0.2, 0) is 11.4 Å². The molecule has 43 heavy (non-hydrogen) atoms. The fourth-order valence-electron chi connectivity index (χ4n) is 4.67. The van der Waals surface area contributed by atoms with Crippen LogP contribution < -0.4 is 29.4 Å². The summed E-state index contributed by atoms with van der Waals surface area (Å²) in [5.41, 5.74) is 9.42. The number of halogens is 2. The van der Waals surface area contributed by atoms with E-state index in [0.717, 1.165) is 16.7 Å². The molecule has 4 aromatic rings. The predicted octanol–water partition coefficient (Wildman–Crippen LogP) is 7.09. The molecular formula is C33H26Cl2N2O6. The number of ether oxygens (including phenoxy) is 5. The zero-order valence-corrected chi connectivity index (χ0v) is 24.7. The van der Waals surface area contributed by atoms with Gasteiger partial charge in [-0.05, 0) is 60.5 Å². The number of aryl methyl sites for hydroxylation is 1. The number of nitriles is 1. The number of esters is 1. The molecule has 0 amide bonds. The lowest BCUT2D eigenvalue weighted by Gasteiger charge is -2.27. The minimum absolute atomic E-state index is 0.0527. The van der Waals surface area contributed by atoms with Crippen molar-refractivity contribution in [1.82, 2.24) is 0 Å². The number of benzene rings is 4. The number of nitrogens with zero attached hydrogens (tertiary/aromatic N) is 1. The minimum Gasteiger partial charge on any atom is -0.493 e.